The third kappa shape index (κ3) is 2.36. The second kappa shape index (κ2) is 5.54. The number of ether oxygens (including phenoxy) is 1. The molecule has 0 saturated heterocycles. The van der Waals surface area contributed by atoms with Crippen LogP contribution in [0.3, 0.4) is 0 Å². The average molecular weight is 339 g/mol. The van der Waals surface area contributed by atoms with Gasteiger partial charge in [-0.15, -0.1) is 5.10 Å². The highest BCUT2D eigenvalue weighted by Crippen LogP contribution is 2.28. The smallest absolute Gasteiger partial charge is 0.345 e. The van der Waals surface area contributed by atoms with E-state index in [1.807, 2.05) is 25.1 Å². The Morgan fingerprint density at radius 3 is 2.75 bits per heavy atom. The number of halogens is 1. The lowest BCUT2D eigenvalue weighted by molar-refractivity contribution is 0.0603. The van der Waals surface area contributed by atoms with Crippen LogP contribution >= 0.6 is 15.9 Å². The Balaban J connectivity index is 2.64. The molecule has 0 atom stereocenters. The fourth-order valence-electron chi connectivity index (χ4n) is 1.95. The van der Waals surface area contributed by atoms with Gasteiger partial charge in [0.15, 0.2) is 5.82 Å². The summed E-state index contributed by atoms with van der Waals surface area (Å²) in [6.45, 7) is 1.94. The Hall–Kier alpha value is -2.02. The summed E-state index contributed by atoms with van der Waals surface area (Å²) >= 11 is 3.41. The zero-order valence-electron chi connectivity index (χ0n) is 11.4. The molecular weight excluding hydrogens is 324 g/mol. The molecule has 0 aliphatic carbocycles. The maximum atomic E-state index is 11.8. The maximum absolute atomic E-state index is 11.8. The Labute approximate surface area is 125 Å². The zero-order valence-corrected chi connectivity index (χ0v) is 13.0. The molecule has 0 bridgehead atoms. The number of benzene rings is 1. The molecule has 0 unspecified atom stereocenters. The van der Waals surface area contributed by atoms with E-state index < -0.39 is 5.97 Å². The van der Waals surface area contributed by atoms with Gasteiger partial charge < -0.3 is 15.8 Å². The first-order chi connectivity index (χ1) is 9.49. The number of hydrogen-bond acceptors (Lipinski definition) is 5. The number of nitrogen functional groups attached to an aromatic ring is 1. The first-order valence-corrected chi connectivity index (χ1v) is 6.70. The van der Waals surface area contributed by atoms with Crippen LogP contribution < -0.4 is 11.1 Å². The Morgan fingerprint density at radius 1 is 1.50 bits per heavy atom. The molecule has 20 heavy (non-hydrogen) atoms. The lowest BCUT2D eigenvalue weighted by atomic mass is 10.2. The molecule has 0 amide bonds. The molecule has 0 saturated carbocycles. The summed E-state index contributed by atoms with van der Waals surface area (Å²) in [7, 11) is 2.98. The minimum Gasteiger partial charge on any atom is -0.465 e. The molecule has 7 heteroatoms. The van der Waals surface area contributed by atoms with E-state index in [0.717, 1.165) is 15.7 Å². The largest absolute Gasteiger partial charge is 0.465 e. The van der Waals surface area contributed by atoms with Crippen molar-refractivity contribution in [3.8, 4) is 5.69 Å². The van der Waals surface area contributed by atoms with Crippen molar-refractivity contribution in [3.05, 3.63) is 33.8 Å². The number of esters is 1. The van der Waals surface area contributed by atoms with Crippen LogP contribution in [0.15, 0.2) is 22.7 Å². The molecule has 0 aliphatic rings. The van der Waals surface area contributed by atoms with Gasteiger partial charge in [0, 0.05) is 11.5 Å². The number of nitrogens with zero attached hydrogens (tertiary/aromatic N) is 2. The van der Waals surface area contributed by atoms with Crippen LogP contribution in [0.5, 0.6) is 0 Å². The molecule has 1 aromatic carbocycles. The standard InChI is InChI=1S/C13H15BrN4O2/c1-7-6-8(14)4-5-9(7)18-11(15)10(13(19)20-3)12(16-2)17-18/h4-6H,15H2,1-3H3,(H,16,17). The highest BCUT2D eigenvalue weighted by atomic mass is 79.9. The number of hydrogen-bond donors (Lipinski definition) is 2. The molecule has 3 N–H and O–H groups in total. The van der Waals surface area contributed by atoms with Crippen LogP contribution in [-0.2, 0) is 4.74 Å². The third-order valence-corrected chi connectivity index (χ3v) is 3.43. The van der Waals surface area contributed by atoms with E-state index in [0.29, 0.717) is 5.82 Å². The fraction of sp³-hybridized carbons (Fsp3) is 0.231. The van der Waals surface area contributed by atoms with Crippen molar-refractivity contribution in [1.29, 1.82) is 0 Å². The number of rotatable bonds is 3. The van der Waals surface area contributed by atoms with Gasteiger partial charge >= 0.3 is 5.97 Å². The van der Waals surface area contributed by atoms with E-state index >= 15 is 0 Å². The predicted molar refractivity (Wildman–Crippen MR) is 81.3 cm³/mol. The summed E-state index contributed by atoms with van der Waals surface area (Å²) in [5, 5.41) is 7.17. The van der Waals surface area contributed by atoms with Crippen LogP contribution in [0, 0.1) is 6.92 Å². The lowest BCUT2D eigenvalue weighted by Crippen LogP contribution is -2.08. The van der Waals surface area contributed by atoms with Gasteiger partial charge in [-0.05, 0) is 30.7 Å². The minimum absolute atomic E-state index is 0.234. The molecule has 1 heterocycles. The monoisotopic (exact) mass is 338 g/mol. The molecular formula is C13H15BrN4O2. The van der Waals surface area contributed by atoms with Gasteiger partial charge in [-0.1, -0.05) is 15.9 Å². The Kier molecular flexibility index (Phi) is 3.99. The summed E-state index contributed by atoms with van der Waals surface area (Å²) in [5.41, 5.74) is 8.06. The van der Waals surface area contributed by atoms with Gasteiger partial charge in [0.05, 0.1) is 12.8 Å². The van der Waals surface area contributed by atoms with Crippen molar-refractivity contribution in [3.63, 3.8) is 0 Å². The molecule has 0 fully saturated rings. The molecule has 106 valence electrons. The number of aryl methyl sites for hydroxylation is 1. The summed E-state index contributed by atoms with van der Waals surface area (Å²) < 4.78 is 7.23. The number of anilines is 2. The van der Waals surface area contributed by atoms with Gasteiger partial charge in [0.2, 0.25) is 0 Å². The minimum atomic E-state index is -0.520. The number of carbonyl (C=O) groups is 1. The molecule has 0 spiro atoms. The van der Waals surface area contributed by atoms with Gasteiger partial charge in [0.25, 0.3) is 0 Å². The van der Waals surface area contributed by atoms with Crippen LogP contribution in [0.4, 0.5) is 11.6 Å². The molecule has 1 aromatic heterocycles. The first-order valence-electron chi connectivity index (χ1n) is 5.90. The molecule has 2 aromatic rings. The summed E-state index contributed by atoms with van der Waals surface area (Å²) in [6.07, 6.45) is 0. The molecule has 0 radical (unpaired) electrons. The first kappa shape index (κ1) is 14.4. The van der Waals surface area contributed by atoms with E-state index in [1.165, 1.54) is 11.8 Å². The number of nitrogens with one attached hydrogen (secondary N) is 1. The van der Waals surface area contributed by atoms with E-state index in [4.69, 9.17) is 10.5 Å². The third-order valence-electron chi connectivity index (χ3n) is 2.93. The highest BCUT2D eigenvalue weighted by Gasteiger charge is 2.23. The van der Waals surface area contributed by atoms with Gasteiger partial charge in [-0.3, -0.25) is 0 Å². The summed E-state index contributed by atoms with van der Waals surface area (Å²) in [6, 6.07) is 5.72. The van der Waals surface area contributed by atoms with Gasteiger partial charge in [-0.2, -0.15) is 0 Å². The van der Waals surface area contributed by atoms with Crippen LogP contribution in [0.2, 0.25) is 0 Å². The van der Waals surface area contributed by atoms with Gasteiger partial charge in [-0.25, -0.2) is 9.48 Å². The van der Waals surface area contributed by atoms with Crippen LogP contribution in [0.1, 0.15) is 15.9 Å². The fourth-order valence-corrected chi connectivity index (χ4v) is 2.43. The second-order valence-electron chi connectivity index (χ2n) is 4.19. The predicted octanol–water partition coefficient (Wildman–Crippen LogP) is 2.35. The van der Waals surface area contributed by atoms with Crippen molar-refractivity contribution in [2.24, 2.45) is 0 Å². The molecule has 6 nitrogen and oxygen atoms in total. The number of nitrogens with two attached hydrogens (primary N) is 1. The number of methoxy groups -OCH3 is 1. The van der Waals surface area contributed by atoms with Crippen molar-refractivity contribution in [2.45, 2.75) is 6.92 Å². The van der Waals surface area contributed by atoms with E-state index in [1.54, 1.807) is 7.05 Å². The second-order valence-corrected chi connectivity index (χ2v) is 5.11. The SMILES string of the molecule is CNc1nn(-c2ccc(Br)cc2C)c(N)c1C(=O)OC. The zero-order chi connectivity index (χ0) is 14.9. The van der Waals surface area contributed by atoms with E-state index in [-0.39, 0.29) is 11.4 Å². The maximum Gasteiger partial charge on any atom is 0.345 e. The van der Waals surface area contributed by atoms with Crippen molar-refractivity contribution in [2.75, 3.05) is 25.2 Å². The van der Waals surface area contributed by atoms with Crippen LogP contribution in [-0.4, -0.2) is 29.9 Å². The molecule has 0 aliphatic heterocycles. The topological polar surface area (TPSA) is 82.2 Å². The van der Waals surface area contributed by atoms with Crippen molar-refractivity contribution >= 4 is 33.5 Å². The van der Waals surface area contributed by atoms with Crippen LogP contribution in [0.25, 0.3) is 5.69 Å². The summed E-state index contributed by atoms with van der Waals surface area (Å²) in [4.78, 5) is 11.8. The molecule has 2 rings (SSSR count). The van der Waals surface area contributed by atoms with Gasteiger partial charge in [0.1, 0.15) is 11.4 Å². The Morgan fingerprint density at radius 2 is 2.20 bits per heavy atom. The quantitative estimate of drug-likeness (QED) is 0.839. The van der Waals surface area contributed by atoms with E-state index in [2.05, 4.69) is 26.3 Å². The lowest BCUT2D eigenvalue weighted by Gasteiger charge is -2.08. The number of aromatic nitrogens is 2. The number of carbonyl (C=O) groups excluding carboxylic acids is 1. The average Bonchev–Trinajstić information content (AvgIpc) is 2.75. The normalized spacial score (nSPS) is 10.4. The van der Waals surface area contributed by atoms with Crippen molar-refractivity contribution < 1.29 is 9.53 Å². The van der Waals surface area contributed by atoms with E-state index in [9.17, 15) is 4.79 Å². The summed E-state index contributed by atoms with van der Waals surface area (Å²) in [5.74, 6) is 0.108. The van der Waals surface area contributed by atoms with Crippen molar-refractivity contribution in [1.82, 2.24) is 9.78 Å². The Bertz CT molecular complexity index is 667. The highest BCUT2D eigenvalue weighted by molar-refractivity contribution is 9.10.